The number of carbonyl (C=O) groups excluding carboxylic acids is 2. The van der Waals surface area contributed by atoms with E-state index in [1.807, 2.05) is 38.1 Å². The molecule has 1 heterocycles. The van der Waals surface area contributed by atoms with Crippen LogP contribution in [0.5, 0.6) is 0 Å². The Morgan fingerprint density at radius 2 is 1.64 bits per heavy atom. The Morgan fingerprint density at radius 1 is 0.929 bits per heavy atom. The smallest absolute Gasteiger partial charge is 0.337 e. The number of para-hydroxylation sites is 1. The summed E-state index contributed by atoms with van der Waals surface area (Å²) in [5, 5.41) is 6.05. The molecule has 0 fully saturated rings. The number of aromatic nitrogens is 1. The van der Waals surface area contributed by atoms with E-state index in [0.29, 0.717) is 22.6 Å². The van der Waals surface area contributed by atoms with Gasteiger partial charge >= 0.3 is 5.97 Å². The number of hydrogen-bond donors (Lipinski definition) is 2. The Bertz CT molecular complexity index is 994. The average Bonchev–Trinajstić information content (AvgIpc) is 2.71. The molecule has 6 heteroatoms. The van der Waals surface area contributed by atoms with Crippen molar-refractivity contribution in [1.82, 2.24) is 4.98 Å². The number of amides is 1. The number of benzene rings is 2. The molecule has 0 bridgehead atoms. The molecule has 3 aromatic rings. The molecule has 2 aromatic carbocycles. The van der Waals surface area contributed by atoms with E-state index in [1.54, 1.807) is 30.3 Å². The van der Waals surface area contributed by atoms with Crippen LogP contribution in [-0.2, 0) is 4.74 Å². The topological polar surface area (TPSA) is 80.3 Å². The van der Waals surface area contributed by atoms with Gasteiger partial charge in [0.1, 0.15) is 5.82 Å². The van der Waals surface area contributed by atoms with Crippen LogP contribution >= 0.6 is 0 Å². The van der Waals surface area contributed by atoms with E-state index in [0.717, 1.165) is 16.8 Å². The SMILES string of the molecule is COC(=O)c1cccc(Nc2ccc(C(=O)Nc3c(C)cccc3C)cn2)c1. The van der Waals surface area contributed by atoms with Gasteiger partial charge in [0, 0.05) is 17.6 Å². The van der Waals surface area contributed by atoms with Crippen molar-refractivity contribution in [1.29, 1.82) is 0 Å². The summed E-state index contributed by atoms with van der Waals surface area (Å²) >= 11 is 0. The lowest BCUT2D eigenvalue weighted by atomic mass is 10.1. The standard InChI is InChI=1S/C22H21N3O3/c1-14-6-4-7-15(2)20(14)25-21(26)17-10-11-19(23-13-17)24-18-9-5-8-16(12-18)22(27)28-3/h4-13H,1-3H3,(H,23,24)(H,25,26). The molecule has 0 saturated carbocycles. The number of anilines is 3. The van der Waals surface area contributed by atoms with E-state index in [1.165, 1.54) is 13.3 Å². The molecule has 0 aliphatic rings. The van der Waals surface area contributed by atoms with E-state index >= 15 is 0 Å². The van der Waals surface area contributed by atoms with Gasteiger partial charge in [0.15, 0.2) is 0 Å². The first-order valence-corrected chi connectivity index (χ1v) is 8.77. The van der Waals surface area contributed by atoms with Crippen LogP contribution in [0, 0.1) is 13.8 Å². The first-order valence-electron chi connectivity index (χ1n) is 8.77. The number of ether oxygens (including phenoxy) is 1. The highest BCUT2D eigenvalue weighted by Gasteiger charge is 2.11. The second-order valence-electron chi connectivity index (χ2n) is 6.35. The maximum atomic E-state index is 12.5. The molecule has 6 nitrogen and oxygen atoms in total. The number of methoxy groups -OCH3 is 1. The lowest BCUT2D eigenvalue weighted by molar-refractivity contribution is 0.0600. The van der Waals surface area contributed by atoms with Crippen molar-refractivity contribution in [3.05, 3.63) is 83.0 Å². The van der Waals surface area contributed by atoms with Crippen molar-refractivity contribution in [3.8, 4) is 0 Å². The number of nitrogens with one attached hydrogen (secondary N) is 2. The fourth-order valence-electron chi connectivity index (χ4n) is 2.79. The highest BCUT2D eigenvalue weighted by Crippen LogP contribution is 2.21. The summed E-state index contributed by atoms with van der Waals surface area (Å²) in [6, 6.07) is 16.2. The zero-order valence-corrected chi connectivity index (χ0v) is 15.9. The van der Waals surface area contributed by atoms with E-state index in [9.17, 15) is 9.59 Å². The molecule has 0 aliphatic heterocycles. The normalized spacial score (nSPS) is 10.2. The molecule has 0 unspecified atom stereocenters. The summed E-state index contributed by atoms with van der Waals surface area (Å²) in [7, 11) is 1.34. The first kappa shape index (κ1) is 19.1. The molecular weight excluding hydrogens is 354 g/mol. The number of rotatable bonds is 5. The maximum absolute atomic E-state index is 12.5. The van der Waals surface area contributed by atoms with Crippen molar-refractivity contribution in [2.24, 2.45) is 0 Å². The van der Waals surface area contributed by atoms with Gasteiger partial charge < -0.3 is 15.4 Å². The molecule has 0 aliphatic carbocycles. The minimum absolute atomic E-state index is 0.218. The van der Waals surface area contributed by atoms with Crippen LogP contribution in [0.2, 0.25) is 0 Å². The van der Waals surface area contributed by atoms with Crippen molar-refractivity contribution in [2.75, 3.05) is 17.7 Å². The molecular formula is C22H21N3O3. The van der Waals surface area contributed by atoms with Crippen LogP contribution in [0.15, 0.2) is 60.8 Å². The van der Waals surface area contributed by atoms with E-state index in [-0.39, 0.29) is 5.91 Å². The van der Waals surface area contributed by atoms with Gasteiger partial charge in [-0.25, -0.2) is 9.78 Å². The summed E-state index contributed by atoms with van der Waals surface area (Å²) in [6.07, 6.45) is 1.51. The minimum atomic E-state index is -0.407. The monoisotopic (exact) mass is 375 g/mol. The van der Waals surface area contributed by atoms with Gasteiger partial charge in [-0.15, -0.1) is 0 Å². The molecule has 0 radical (unpaired) electrons. The Morgan fingerprint density at radius 3 is 2.29 bits per heavy atom. The Labute approximate surface area is 163 Å². The predicted octanol–water partition coefficient (Wildman–Crippen LogP) is 4.48. The van der Waals surface area contributed by atoms with E-state index < -0.39 is 5.97 Å². The fourth-order valence-corrected chi connectivity index (χ4v) is 2.79. The van der Waals surface area contributed by atoms with Crippen LogP contribution in [-0.4, -0.2) is 24.0 Å². The highest BCUT2D eigenvalue weighted by atomic mass is 16.5. The van der Waals surface area contributed by atoms with Crippen LogP contribution in [0.25, 0.3) is 0 Å². The van der Waals surface area contributed by atoms with Crippen molar-refractivity contribution in [2.45, 2.75) is 13.8 Å². The third-order valence-electron chi connectivity index (χ3n) is 4.30. The predicted molar refractivity (Wildman–Crippen MR) is 109 cm³/mol. The zero-order valence-electron chi connectivity index (χ0n) is 15.9. The van der Waals surface area contributed by atoms with Gasteiger partial charge in [0.25, 0.3) is 5.91 Å². The molecule has 3 rings (SSSR count). The largest absolute Gasteiger partial charge is 0.465 e. The summed E-state index contributed by atoms with van der Waals surface area (Å²) in [5.41, 5.74) is 4.42. The lowest BCUT2D eigenvalue weighted by Crippen LogP contribution is -2.14. The molecule has 1 aromatic heterocycles. The average molecular weight is 375 g/mol. The number of aryl methyl sites for hydroxylation is 2. The van der Waals surface area contributed by atoms with Gasteiger partial charge in [-0.05, 0) is 55.3 Å². The number of pyridine rings is 1. The van der Waals surface area contributed by atoms with Crippen LogP contribution in [0.3, 0.4) is 0 Å². The molecule has 0 spiro atoms. The van der Waals surface area contributed by atoms with Gasteiger partial charge in [0.2, 0.25) is 0 Å². The fraction of sp³-hybridized carbons (Fsp3) is 0.136. The third-order valence-corrected chi connectivity index (χ3v) is 4.30. The van der Waals surface area contributed by atoms with E-state index in [4.69, 9.17) is 4.74 Å². The van der Waals surface area contributed by atoms with Crippen LogP contribution in [0.4, 0.5) is 17.2 Å². The first-order chi connectivity index (χ1) is 13.5. The number of carbonyl (C=O) groups is 2. The quantitative estimate of drug-likeness (QED) is 0.643. The maximum Gasteiger partial charge on any atom is 0.337 e. The number of hydrogen-bond acceptors (Lipinski definition) is 5. The second kappa shape index (κ2) is 8.35. The molecule has 142 valence electrons. The highest BCUT2D eigenvalue weighted by molar-refractivity contribution is 6.05. The summed E-state index contributed by atoms with van der Waals surface area (Å²) in [5.74, 6) is -0.0649. The molecule has 2 N–H and O–H groups in total. The minimum Gasteiger partial charge on any atom is -0.465 e. The molecule has 0 saturated heterocycles. The number of nitrogens with zero attached hydrogens (tertiary/aromatic N) is 1. The third kappa shape index (κ3) is 4.35. The van der Waals surface area contributed by atoms with Gasteiger partial charge in [-0.2, -0.15) is 0 Å². The van der Waals surface area contributed by atoms with Crippen molar-refractivity contribution >= 4 is 29.1 Å². The summed E-state index contributed by atoms with van der Waals surface area (Å²) < 4.78 is 4.72. The van der Waals surface area contributed by atoms with Crippen LogP contribution in [0.1, 0.15) is 31.8 Å². The van der Waals surface area contributed by atoms with Crippen LogP contribution < -0.4 is 10.6 Å². The van der Waals surface area contributed by atoms with Crippen molar-refractivity contribution in [3.63, 3.8) is 0 Å². The van der Waals surface area contributed by atoms with E-state index in [2.05, 4.69) is 15.6 Å². The lowest BCUT2D eigenvalue weighted by Gasteiger charge is -2.12. The molecule has 1 amide bonds. The van der Waals surface area contributed by atoms with Gasteiger partial charge in [-0.3, -0.25) is 4.79 Å². The molecule has 28 heavy (non-hydrogen) atoms. The zero-order chi connectivity index (χ0) is 20.1. The summed E-state index contributed by atoms with van der Waals surface area (Å²) in [6.45, 7) is 3.91. The second-order valence-corrected chi connectivity index (χ2v) is 6.35. The Kier molecular flexibility index (Phi) is 5.69. The summed E-state index contributed by atoms with van der Waals surface area (Å²) in [4.78, 5) is 28.4. The Balaban J connectivity index is 1.71. The van der Waals surface area contributed by atoms with Gasteiger partial charge in [0.05, 0.1) is 18.2 Å². The molecule has 0 atom stereocenters. The van der Waals surface area contributed by atoms with Crippen molar-refractivity contribution < 1.29 is 14.3 Å². The number of esters is 1. The van der Waals surface area contributed by atoms with Gasteiger partial charge in [-0.1, -0.05) is 24.3 Å². The Hall–Kier alpha value is -3.67.